The van der Waals surface area contributed by atoms with Gasteiger partial charge in [0.05, 0.1) is 12.7 Å². The Morgan fingerprint density at radius 1 is 1.21 bits per heavy atom. The minimum Gasteiger partial charge on any atom is -0.377 e. The summed E-state index contributed by atoms with van der Waals surface area (Å²) in [7, 11) is 1.73. The van der Waals surface area contributed by atoms with E-state index < -0.39 is 11.6 Å². The van der Waals surface area contributed by atoms with E-state index >= 15 is 0 Å². The molecule has 0 spiro atoms. The van der Waals surface area contributed by atoms with Crippen LogP contribution in [0.5, 0.6) is 0 Å². The zero-order chi connectivity index (χ0) is 20.1. The Bertz CT molecular complexity index is 660. The summed E-state index contributed by atoms with van der Waals surface area (Å²) < 4.78 is 33.5. The molecule has 2 fully saturated rings. The van der Waals surface area contributed by atoms with Gasteiger partial charge in [0.15, 0.2) is 5.96 Å². The largest absolute Gasteiger partial charge is 0.377 e. The Morgan fingerprint density at radius 2 is 1.86 bits per heavy atom. The maximum atomic E-state index is 13.9. The summed E-state index contributed by atoms with van der Waals surface area (Å²) in [5.74, 6) is -0.356. The first kappa shape index (κ1) is 24.3. The standard InChI is InChI=1S/C21H32F2N4O.HI/c1-14(2)28-12-11-27-9-7-15(8-10-27)25-21(24-3)26-19-13-16(19)20-17(22)5-4-6-18(20)23;/h4-6,14-16,19H,7-13H2,1-3H3,(H2,24,25,26);1H. The lowest BCUT2D eigenvalue weighted by Gasteiger charge is -2.33. The molecule has 2 N–H and O–H groups in total. The zero-order valence-corrected chi connectivity index (χ0v) is 19.8. The van der Waals surface area contributed by atoms with Crippen molar-refractivity contribution in [3.8, 4) is 0 Å². The lowest BCUT2D eigenvalue weighted by Crippen LogP contribution is -2.49. The van der Waals surface area contributed by atoms with E-state index in [0.717, 1.165) is 39.1 Å². The van der Waals surface area contributed by atoms with Gasteiger partial charge in [0.25, 0.3) is 0 Å². The normalized spacial score (nSPS) is 23.0. The van der Waals surface area contributed by atoms with Crippen LogP contribution in [0.25, 0.3) is 0 Å². The fourth-order valence-electron chi connectivity index (χ4n) is 3.80. The maximum Gasteiger partial charge on any atom is 0.191 e. The molecule has 0 aromatic heterocycles. The Hall–Kier alpha value is -1.000. The first-order valence-corrected chi connectivity index (χ1v) is 10.3. The van der Waals surface area contributed by atoms with Crippen LogP contribution < -0.4 is 10.6 Å². The van der Waals surface area contributed by atoms with E-state index in [-0.39, 0.29) is 47.6 Å². The number of halogens is 3. The van der Waals surface area contributed by atoms with Gasteiger partial charge < -0.3 is 20.3 Å². The molecule has 0 bridgehead atoms. The molecule has 2 unspecified atom stereocenters. The number of hydrogen-bond acceptors (Lipinski definition) is 3. The van der Waals surface area contributed by atoms with E-state index in [2.05, 4.69) is 34.4 Å². The van der Waals surface area contributed by atoms with Gasteiger partial charge in [0.1, 0.15) is 11.6 Å². The first-order chi connectivity index (χ1) is 13.5. The molecule has 0 radical (unpaired) electrons. The number of hydrogen-bond donors (Lipinski definition) is 2. The molecule has 1 aromatic carbocycles. The summed E-state index contributed by atoms with van der Waals surface area (Å²) >= 11 is 0. The second kappa shape index (κ2) is 11.4. The number of guanidine groups is 1. The summed E-state index contributed by atoms with van der Waals surface area (Å²) in [5, 5.41) is 6.79. The molecule has 1 saturated carbocycles. The predicted molar refractivity (Wildman–Crippen MR) is 123 cm³/mol. The number of rotatable bonds is 7. The van der Waals surface area contributed by atoms with E-state index in [1.54, 1.807) is 7.05 Å². The Balaban J connectivity index is 0.00000300. The van der Waals surface area contributed by atoms with Gasteiger partial charge >= 0.3 is 0 Å². The van der Waals surface area contributed by atoms with Crippen molar-refractivity contribution in [2.24, 2.45) is 4.99 Å². The molecule has 1 heterocycles. The molecule has 8 heteroatoms. The van der Waals surface area contributed by atoms with Crippen molar-refractivity contribution < 1.29 is 13.5 Å². The number of nitrogens with one attached hydrogen (secondary N) is 2. The molecule has 1 aliphatic heterocycles. The number of ether oxygens (including phenoxy) is 1. The molecular formula is C21H33F2IN4O. The summed E-state index contributed by atoms with van der Waals surface area (Å²) in [6.45, 7) is 7.91. The average molecular weight is 522 g/mol. The number of likely N-dealkylation sites (tertiary alicyclic amines) is 1. The highest BCUT2D eigenvalue weighted by Crippen LogP contribution is 2.43. The van der Waals surface area contributed by atoms with Gasteiger partial charge in [-0.25, -0.2) is 8.78 Å². The van der Waals surface area contributed by atoms with Gasteiger partial charge in [-0.3, -0.25) is 4.99 Å². The van der Waals surface area contributed by atoms with E-state index in [1.807, 2.05) is 0 Å². The quantitative estimate of drug-likeness (QED) is 0.327. The van der Waals surface area contributed by atoms with Gasteiger partial charge in [-0.1, -0.05) is 6.07 Å². The van der Waals surface area contributed by atoms with Crippen LogP contribution in [0.3, 0.4) is 0 Å². The van der Waals surface area contributed by atoms with Gasteiger partial charge in [-0.05, 0) is 45.2 Å². The van der Waals surface area contributed by atoms with Crippen LogP contribution in [0.1, 0.15) is 44.6 Å². The number of piperidine rings is 1. The maximum absolute atomic E-state index is 13.9. The topological polar surface area (TPSA) is 48.9 Å². The first-order valence-electron chi connectivity index (χ1n) is 10.3. The van der Waals surface area contributed by atoms with Crippen molar-refractivity contribution in [3.05, 3.63) is 35.4 Å². The van der Waals surface area contributed by atoms with Crippen LogP contribution in [-0.4, -0.2) is 62.3 Å². The Morgan fingerprint density at radius 3 is 2.45 bits per heavy atom. The molecule has 1 aliphatic carbocycles. The second-order valence-electron chi connectivity index (χ2n) is 7.98. The molecule has 0 amide bonds. The SMILES string of the molecule is CN=C(NC1CCN(CCOC(C)C)CC1)NC1CC1c1c(F)cccc1F.I. The van der Waals surface area contributed by atoms with E-state index in [4.69, 9.17) is 4.74 Å². The number of benzene rings is 1. The molecule has 2 atom stereocenters. The second-order valence-corrected chi connectivity index (χ2v) is 7.98. The third-order valence-corrected chi connectivity index (χ3v) is 5.49. The molecule has 29 heavy (non-hydrogen) atoms. The van der Waals surface area contributed by atoms with E-state index in [9.17, 15) is 8.78 Å². The summed E-state index contributed by atoms with van der Waals surface area (Å²) in [5.41, 5.74) is 0.187. The summed E-state index contributed by atoms with van der Waals surface area (Å²) in [6, 6.07) is 4.42. The van der Waals surface area contributed by atoms with Crippen LogP contribution in [0.15, 0.2) is 23.2 Å². The van der Waals surface area contributed by atoms with Gasteiger partial charge in [-0.15, -0.1) is 24.0 Å². The fraction of sp³-hybridized carbons (Fsp3) is 0.667. The van der Waals surface area contributed by atoms with Crippen molar-refractivity contribution in [1.29, 1.82) is 0 Å². The third-order valence-electron chi connectivity index (χ3n) is 5.49. The number of nitrogens with zero attached hydrogens (tertiary/aromatic N) is 2. The Kier molecular flexibility index (Phi) is 9.55. The van der Waals surface area contributed by atoms with Gasteiger partial charge in [0.2, 0.25) is 0 Å². The highest BCUT2D eigenvalue weighted by atomic mass is 127. The van der Waals surface area contributed by atoms with Crippen LogP contribution in [0.2, 0.25) is 0 Å². The van der Waals surface area contributed by atoms with Crippen molar-refractivity contribution in [1.82, 2.24) is 15.5 Å². The van der Waals surface area contributed by atoms with Crippen molar-refractivity contribution >= 4 is 29.9 Å². The minimum atomic E-state index is -0.467. The molecule has 5 nitrogen and oxygen atoms in total. The van der Waals surface area contributed by atoms with Crippen molar-refractivity contribution in [3.63, 3.8) is 0 Å². The molecule has 164 valence electrons. The van der Waals surface area contributed by atoms with Crippen molar-refractivity contribution in [2.75, 3.05) is 33.3 Å². The molecule has 3 rings (SSSR count). The zero-order valence-electron chi connectivity index (χ0n) is 17.5. The smallest absolute Gasteiger partial charge is 0.191 e. The average Bonchev–Trinajstić information content (AvgIpc) is 3.40. The van der Waals surface area contributed by atoms with Crippen molar-refractivity contribution in [2.45, 2.75) is 57.2 Å². The van der Waals surface area contributed by atoms with Crippen LogP contribution in [-0.2, 0) is 4.74 Å². The fourth-order valence-corrected chi connectivity index (χ4v) is 3.80. The minimum absolute atomic E-state index is 0. The summed E-state index contributed by atoms with van der Waals surface area (Å²) in [6.07, 6.45) is 3.07. The monoisotopic (exact) mass is 522 g/mol. The molecular weight excluding hydrogens is 489 g/mol. The highest BCUT2D eigenvalue weighted by Gasteiger charge is 2.42. The summed E-state index contributed by atoms with van der Waals surface area (Å²) in [4.78, 5) is 6.72. The van der Waals surface area contributed by atoms with Crippen LogP contribution in [0, 0.1) is 11.6 Å². The predicted octanol–water partition coefficient (Wildman–Crippen LogP) is 3.49. The van der Waals surface area contributed by atoms with Crippen LogP contribution >= 0.6 is 24.0 Å². The number of aliphatic imine (C=N–C) groups is 1. The third kappa shape index (κ3) is 7.03. The lowest BCUT2D eigenvalue weighted by molar-refractivity contribution is 0.0532. The highest BCUT2D eigenvalue weighted by molar-refractivity contribution is 14.0. The molecule has 1 aromatic rings. The van der Waals surface area contributed by atoms with Crippen LogP contribution in [0.4, 0.5) is 8.78 Å². The van der Waals surface area contributed by atoms with E-state index in [1.165, 1.54) is 18.2 Å². The molecule has 1 saturated heterocycles. The van der Waals surface area contributed by atoms with E-state index in [0.29, 0.717) is 18.4 Å². The lowest BCUT2D eigenvalue weighted by atomic mass is 10.1. The molecule has 2 aliphatic rings. The van der Waals surface area contributed by atoms with Gasteiger partial charge in [0, 0.05) is 50.2 Å². The Labute approximate surface area is 189 Å². The van der Waals surface area contributed by atoms with Gasteiger partial charge in [-0.2, -0.15) is 0 Å².